The topological polar surface area (TPSA) is 52.6 Å². The molecule has 170 valence electrons. The van der Waals surface area contributed by atoms with Gasteiger partial charge in [0.1, 0.15) is 11.7 Å². The molecule has 2 aliphatic carbocycles. The van der Waals surface area contributed by atoms with E-state index in [1.165, 1.54) is 32.1 Å². The molecule has 4 nitrogen and oxygen atoms in total. The third kappa shape index (κ3) is 7.94. The van der Waals surface area contributed by atoms with Crippen LogP contribution in [0.25, 0.3) is 0 Å². The van der Waals surface area contributed by atoms with Crippen molar-refractivity contribution in [2.45, 2.75) is 137 Å². The Hall–Kier alpha value is -1.06. The van der Waals surface area contributed by atoms with E-state index in [4.69, 9.17) is 9.47 Å². The first kappa shape index (κ1) is 26.0. The first-order valence-electron chi connectivity index (χ1n) is 12.0. The third-order valence-electron chi connectivity index (χ3n) is 7.17. The Morgan fingerprint density at radius 3 is 1.72 bits per heavy atom. The van der Waals surface area contributed by atoms with Crippen LogP contribution < -0.4 is 0 Å². The molecule has 0 bridgehead atoms. The monoisotopic (exact) mass is 410 g/mol. The fourth-order valence-corrected chi connectivity index (χ4v) is 3.66. The van der Waals surface area contributed by atoms with Crippen molar-refractivity contribution in [1.29, 1.82) is 0 Å². The van der Waals surface area contributed by atoms with E-state index < -0.39 is 0 Å². The maximum absolute atomic E-state index is 12.0. The van der Waals surface area contributed by atoms with Gasteiger partial charge in [0, 0.05) is 0 Å². The zero-order valence-electron chi connectivity index (χ0n) is 20.2. The fraction of sp³-hybridized carbons (Fsp3) is 0.920. The van der Waals surface area contributed by atoms with Crippen molar-refractivity contribution in [2.24, 2.45) is 10.8 Å². The highest BCUT2D eigenvalue weighted by molar-refractivity contribution is 5.76. The van der Waals surface area contributed by atoms with E-state index in [0.717, 1.165) is 44.9 Å². The molecule has 0 aliphatic heterocycles. The van der Waals surface area contributed by atoms with Gasteiger partial charge in [0.15, 0.2) is 0 Å². The van der Waals surface area contributed by atoms with Gasteiger partial charge in [-0.25, -0.2) is 0 Å². The second kappa shape index (κ2) is 11.4. The van der Waals surface area contributed by atoms with Gasteiger partial charge in [-0.05, 0) is 98.3 Å². The summed E-state index contributed by atoms with van der Waals surface area (Å²) in [7, 11) is 0. The Balaban J connectivity index is 0.000000291. The molecule has 4 heteroatoms. The van der Waals surface area contributed by atoms with Gasteiger partial charge in [0.05, 0.1) is 10.8 Å². The van der Waals surface area contributed by atoms with Crippen LogP contribution in [0, 0.1) is 10.8 Å². The van der Waals surface area contributed by atoms with Gasteiger partial charge in [-0.2, -0.15) is 0 Å². The van der Waals surface area contributed by atoms with E-state index in [2.05, 4.69) is 6.92 Å². The van der Waals surface area contributed by atoms with Gasteiger partial charge in [-0.15, -0.1) is 0 Å². The molecule has 0 unspecified atom stereocenters. The SMILES string of the molecule is CCC(C)(C)C(=O)OC1CCCCC1.CCC1(OC(=O)C(C)(C)CC)CCCC1. The number of hydrogen-bond donors (Lipinski definition) is 0. The summed E-state index contributed by atoms with van der Waals surface area (Å²) >= 11 is 0. The molecule has 0 atom stereocenters. The second-order valence-corrected chi connectivity index (χ2v) is 10.3. The Morgan fingerprint density at radius 2 is 1.28 bits per heavy atom. The molecule has 0 spiro atoms. The van der Waals surface area contributed by atoms with E-state index in [0.29, 0.717) is 0 Å². The van der Waals surface area contributed by atoms with Crippen LogP contribution in [-0.2, 0) is 19.1 Å². The highest BCUT2D eigenvalue weighted by Gasteiger charge is 2.39. The average Bonchev–Trinajstić information content (AvgIpc) is 3.18. The van der Waals surface area contributed by atoms with E-state index in [1.54, 1.807) is 0 Å². The highest BCUT2D eigenvalue weighted by atomic mass is 16.6. The van der Waals surface area contributed by atoms with E-state index >= 15 is 0 Å². The molecule has 0 aromatic rings. The molecule has 0 amide bonds. The number of esters is 2. The van der Waals surface area contributed by atoms with Crippen LogP contribution in [0.1, 0.15) is 126 Å². The molecule has 0 heterocycles. The molecule has 0 aromatic heterocycles. The van der Waals surface area contributed by atoms with Crippen LogP contribution in [0.15, 0.2) is 0 Å². The summed E-state index contributed by atoms with van der Waals surface area (Å²) in [6, 6.07) is 0. The fourth-order valence-electron chi connectivity index (χ4n) is 3.66. The lowest BCUT2D eigenvalue weighted by Gasteiger charge is -2.32. The lowest BCUT2D eigenvalue weighted by Crippen LogP contribution is -2.37. The molecule has 0 aromatic carbocycles. The minimum Gasteiger partial charge on any atom is -0.462 e. The van der Waals surface area contributed by atoms with Gasteiger partial charge in [0.2, 0.25) is 0 Å². The lowest BCUT2D eigenvalue weighted by molar-refractivity contribution is -0.170. The van der Waals surface area contributed by atoms with Crippen molar-refractivity contribution in [1.82, 2.24) is 0 Å². The van der Waals surface area contributed by atoms with Gasteiger partial charge in [-0.3, -0.25) is 9.59 Å². The number of carbonyl (C=O) groups is 2. The van der Waals surface area contributed by atoms with Crippen molar-refractivity contribution in [2.75, 3.05) is 0 Å². The molecule has 0 saturated heterocycles. The van der Waals surface area contributed by atoms with Gasteiger partial charge in [0.25, 0.3) is 0 Å². The molecule has 2 rings (SSSR count). The largest absolute Gasteiger partial charge is 0.462 e. The Morgan fingerprint density at radius 1 is 0.793 bits per heavy atom. The van der Waals surface area contributed by atoms with Crippen LogP contribution in [0.2, 0.25) is 0 Å². The minimum absolute atomic E-state index is 0.0197. The smallest absolute Gasteiger partial charge is 0.312 e. The molecular weight excluding hydrogens is 364 g/mol. The van der Waals surface area contributed by atoms with Gasteiger partial charge < -0.3 is 9.47 Å². The number of rotatable bonds is 7. The molecule has 0 radical (unpaired) electrons. The van der Waals surface area contributed by atoms with Gasteiger partial charge >= 0.3 is 11.9 Å². The molecule has 0 N–H and O–H groups in total. The first-order chi connectivity index (χ1) is 13.5. The zero-order valence-corrected chi connectivity index (χ0v) is 20.2. The lowest BCUT2D eigenvalue weighted by atomic mass is 9.89. The predicted octanol–water partition coefficient (Wildman–Crippen LogP) is 6.99. The Labute approximate surface area is 179 Å². The van der Waals surface area contributed by atoms with Crippen LogP contribution >= 0.6 is 0 Å². The summed E-state index contributed by atoms with van der Waals surface area (Å²) in [6.45, 7) is 14.0. The number of hydrogen-bond acceptors (Lipinski definition) is 4. The molecule has 2 saturated carbocycles. The summed E-state index contributed by atoms with van der Waals surface area (Å²) in [6.07, 6.45) is 13.2. The maximum atomic E-state index is 12.0. The van der Waals surface area contributed by atoms with E-state index in [9.17, 15) is 9.59 Å². The van der Waals surface area contributed by atoms with Crippen molar-refractivity contribution in [3.8, 4) is 0 Å². The normalized spacial score (nSPS) is 19.8. The molecule has 29 heavy (non-hydrogen) atoms. The van der Waals surface area contributed by atoms with Crippen molar-refractivity contribution in [3.63, 3.8) is 0 Å². The summed E-state index contributed by atoms with van der Waals surface area (Å²) in [5.74, 6) is -0.0411. The quantitative estimate of drug-likeness (QED) is 0.424. The standard InChI is InChI=1S/C13H24O2.C12H22O2/c1-5-12(3,4)11(14)15-13(6-2)9-7-8-10-13;1-4-12(2,3)11(13)14-10-8-6-5-7-9-10/h5-10H2,1-4H3;10H,4-9H2,1-3H3. The Kier molecular flexibility index (Phi) is 10.2. The maximum Gasteiger partial charge on any atom is 0.312 e. The van der Waals surface area contributed by atoms with Crippen LogP contribution in [0.4, 0.5) is 0 Å². The Bertz CT molecular complexity index is 509. The third-order valence-corrected chi connectivity index (χ3v) is 7.17. The zero-order chi connectivity index (χ0) is 22.1. The van der Waals surface area contributed by atoms with E-state index in [1.807, 2.05) is 41.5 Å². The van der Waals surface area contributed by atoms with Gasteiger partial charge in [-0.1, -0.05) is 27.2 Å². The first-order valence-corrected chi connectivity index (χ1v) is 12.0. The summed E-state index contributed by atoms with van der Waals surface area (Å²) in [5, 5.41) is 0. The second-order valence-electron chi connectivity index (χ2n) is 10.3. The van der Waals surface area contributed by atoms with Crippen LogP contribution in [-0.4, -0.2) is 23.6 Å². The summed E-state index contributed by atoms with van der Waals surface area (Å²) in [5.41, 5.74) is -0.772. The summed E-state index contributed by atoms with van der Waals surface area (Å²) < 4.78 is 11.3. The van der Waals surface area contributed by atoms with Crippen molar-refractivity contribution in [3.05, 3.63) is 0 Å². The van der Waals surface area contributed by atoms with Crippen LogP contribution in [0.5, 0.6) is 0 Å². The average molecular weight is 411 g/mol. The molecule has 2 aliphatic rings. The van der Waals surface area contributed by atoms with Crippen molar-refractivity contribution >= 4 is 11.9 Å². The van der Waals surface area contributed by atoms with E-state index in [-0.39, 0.29) is 34.5 Å². The summed E-state index contributed by atoms with van der Waals surface area (Å²) in [4.78, 5) is 23.7. The number of ether oxygens (including phenoxy) is 2. The highest BCUT2D eigenvalue weighted by Crippen LogP contribution is 2.38. The molecule has 2 fully saturated rings. The van der Waals surface area contributed by atoms with Crippen LogP contribution in [0.3, 0.4) is 0 Å². The molecular formula is C25H46O4. The minimum atomic E-state index is -0.329. The number of carbonyl (C=O) groups excluding carboxylic acids is 2. The van der Waals surface area contributed by atoms with Crippen molar-refractivity contribution < 1.29 is 19.1 Å². The predicted molar refractivity (Wildman–Crippen MR) is 119 cm³/mol.